The maximum absolute atomic E-state index is 13.5. The third-order valence-corrected chi connectivity index (χ3v) is 7.25. The zero-order valence-corrected chi connectivity index (χ0v) is 18.4. The van der Waals surface area contributed by atoms with Crippen molar-refractivity contribution in [3.05, 3.63) is 53.6 Å². The predicted molar refractivity (Wildman–Crippen MR) is 116 cm³/mol. The van der Waals surface area contributed by atoms with Crippen LogP contribution in [0.3, 0.4) is 0 Å². The molecule has 0 unspecified atom stereocenters. The lowest BCUT2D eigenvalue weighted by atomic mass is 9.99. The molecule has 2 aromatic carbocycles. The standard InChI is InChI=1S/C22H23ClN2O4S/c1-15-10-12-25(13-11-15)22-21(24-20(29-22)16-4-3-5-17(23)14-16)30(26,27)19-8-6-18(28-2)7-9-19/h3-9,14-15H,10-13H2,1-2H3. The summed E-state index contributed by atoms with van der Waals surface area (Å²) in [6, 6.07) is 13.3. The molecule has 8 heteroatoms. The van der Waals surface area contributed by atoms with E-state index >= 15 is 0 Å². The van der Waals surface area contributed by atoms with Gasteiger partial charge in [0.15, 0.2) is 0 Å². The zero-order valence-electron chi connectivity index (χ0n) is 16.8. The van der Waals surface area contributed by atoms with Crippen molar-refractivity contribution in [3.8, 4) is 17.2 Å². The first-order valence-corrected chi connectivity index (χ1v) is 11.7. The van der Waals surface area contributed by atoms with Crippen LogP contribution in [-0.2, 0) is 9.84 Å². The molecule has 0 atom stereocenters. The first kappa shape index (κ1) is 20.8. The van der Waals surface area contributed by atoms with Gasteiger partial charge in [-0.25, -0.2) is 8.42 Å². The molecule has 0 radical (unpaired) electrons. The summed E-state index contributed by atoms with van der Waals surface area (Å²) in [5.41, 5.74) is 0.630. The molecule has 1 fully saturated rings. The van der Waals surface area contributed by atoms with E-state index in [2.05, 4.69) is 11.9 Å². The van der Waals surface area contributed by atoms with Gasteiger partial charge in [0, 0.05) is 23.7 Å². The Hall–Kier alpha value is -2.51. The summed E-state index contributed by atoms with van der Waals surface area (Å²) < 4.78 is 38.1. The summed E-state index contributed by atoms with van der Waals surface area (Å²) in [5, 5.41) is 0.454. The Morgan fingerprint density at radius 1 is 1.13 bits per heavy atom. The summed E-state index contributed by atoms with van der Waals surface area (Å²) >= 11 is 6.11. The molecule has 4 rings (SSSR count). The number of hydrogen-bond acceptors (Lipinski definition) is 6. The van der Waals surface area contributed by atoms with E-state index in [4.69, 9.17) is 20.8 Å². The van der Waals surface area contributed by atoms with Crippen LogP contribution in [-0.4, -0.2) is 33.6 Å². The highest BCUT2D eigenvalue weighted by molar-refractivity contribution is 7.91. The second-order valence-corrected chi connectivity index (χ2v) is 9.79. The Kier molecular flexibility index (Phi) is 5.75. The number of oxazole rings is 1. The fraction of sp³-hybridized carbons (Fsp3) is 0.318. The molecule has 0 spiro atoms. The van der Waals surface area contributed by atoms with Crippen LogP contribution in [0.4, 0.5) is 5.88 Å². The minimum atomic E-state index is -3.89. The molecule has 1 aliphatic rings. The zero-order chi connectivity index (χ0) is 21.3. The molecule has 0 bridgehead atoms. The topological polar surface area (TPSA) is 72.6 Å². The van der Waals surface area contributed by atoms with E-state index < -0.39 is 9.84 Å². The summed E-state index contributed by atoms with van der Waals surface area (Å²) in [6.07, 6.45) is 1.93. The Labute approximate surface area is 181 Å². The van der Waals surface area contributed by atoms with Crippen LogP contribution in [0.2, 0.25) is 5.02 Å². The predicted octanol–water partition coefficient (Wildman–Crippen LogP) is 5.07. The maximum Gasteiger partial charge on any atom is 0.236 e. The number of rotatable bonds is 5. The van der Waals surface area contributed by atoms with Gasteiger partial charge in [-0.3, -0.25) is 0 Å². The highest BCUT2D eigenvalue weighted by atomic mass is 35.5. The minimum Gasteiger partial charge on any atom is -0.497 e. The van der Waals surface area contributed by atoms with Crippen molar-refractivity contribution in [2.45, 2.75) is 29.7 Å². The number of halogens is 1. The van der Waals surface area contributed by atoms with Gasteiger partial charge in [-0.05, 0) is 61.2 Å². The lowest BCUT2D eigenvalue weighted by Crippen LogP contribution is -2.33. The molecule has 0 saturated carbocycles. The Balaban J connectivity index is 1.81. The molecule has 0 amide bonds. The molecular weight excluding hydrogens is 424 g/mol. The lowest BCUT2D eigenvalue weighted by molar-refractivity contribution is 0.414. The van der Waals surface area contributed by atoms with Crippen LogP contribution in [0.5, 0.6) is 5.75 Å². The van der Waals surface area contributed by atoms with Crippen LogP contribution in [0.1, 0.15) is 19.8 Å². The van der Waals surface area contributed by atoms with Crippen molar-refractivity contribution in [2.75, 3.05) is 25.1 Å². The van der Waals surface area contributed by atoms with Crippen molar-refractivity contribution >= 4 is 27.3 Å². The van der Waals surface area contributed by atoms with Gasteiger partial charge in [0.1, 0.15) is 5.75 Å². The van der Waals surface area contributed by atoms with Gasteiger partial charge in [0.05, 0.1) is 12.0 Å². The SMILES string of the molecule is COc1ccc(S(=O)(=O)c2nc(-c3cccc(Cl)c3)oc2N2CCC(C)CC2)cc1. The highest BCUT2D eigenvalue weighted by Gasteiger charge is 2.32. The Morgan fingerprint density at radius 3 is 2.47 bits per heavy atom. The molecule has 2 heterocycles. The molecule has 6 nitrogen and oxygen atoms in total. The summed E-state index contributed by atoms with van der Waals surface area (Å²) in [5.74, 6) is 1.70. The number of piperidine rings is 1. The number of nitrogens with zero attached hydrogens (tertiary/aromatic N) is 2. The van der Waals surface area contributed by atoms with Crippen LogP contribution in [0.25, 0.3) is 11.5 Å². The molecule has 158 valence electrons. The number of hydrogen-bond donors (Lipinski definition) is 0. The molecule has 1 aromatic heterocycles. The monoisotopic (exact) mass is 446 g/mol. The number of sulfone groups is 1. The number of benzene rings is 2. The Morgan fingerprint density at radius 2 is 1.83 bits per heavy atom. The quantitative estimate of drug-likeness (QED) is 0.544. The molecule has 1 saturated heterocycles. The largest absolute Gasteiger partial charge is 0.497 e. The average molecular weight is 447 g/mol. The smallest absolute Gasteiger partial charge is 0.236 e. The second-order valence-electron chi connectivity index (χ2n) is 7.49. The third-order valence-electron chi connectivity index (χ3n) is 5.35. The van der Waals surface area contributed by atoms with E-state index in [1.165, 1.54) is 19.2 Å². The summed E-state index contributed by atoms with van der Waals surface area (Å²) in [4.78, 5) is 6.53. The van der Waals surface area contributed by atoms with Gasteiger partial charge in [0.2, 0.25) is 26.6 Å². The first-order valence-electron chi connectivity index (χ1n) is 9.79. The van der Waals surface area contributed by atoms with Crippen molar-refractivity contribution in [3.63, 3.8) is 0 Å². The maximum atomic E-state index is 13.5. The number of anilines is 1. The second kappa shape index (κ2) is 8.32. The van der Waals surface area contributed by atoms with Gasteiger partial charge >= 0.3 is 0 Å². The minimum absolute atomic E-state index is 0.0720. The van der Waals surface area contributed by atoms with E-state index in [0.29, 0.717) is 22.3 Å². The fourth-order valence-electron chi connectivity index (χ4n) is 3.50. The summed E-state index contributed by atoms with van der Waals surface area (Å²) in [6.45, 7) is 3.64. The van der Waals surface area contributed by atoms with Crippen molar-refractivity contribution in [1.82, 2.24) is 4.98 Å². The van der Waals surface area contributed by atoms with Crippen molar-refractivity contribution in [1.29, 1.82) is 0 Å². The lowest BCUT2D eigenvalue weighted by Gasteiger charge is -2.30. The molecule has 0 aliphatic carbocycles. The normalized spacial score (nSPS) is 15.4. The van der Waals surface area contributed by atoms with Crippen molar-refractivity contribution in [2.24, 2.45) is 5.92 Å². The van der Waals surface area contributed by atoms with Gasteiger partial charge in [-0.2, -0.15) is 4.98 Å². The van der Waals surface area contributed by atoms with E-state index in [-0.39, 0.29) is 21.7 Å². The Bertz CT molecular complexity index is 1130. The fourth-order valence-corrected chi connectivity index (χ4v) is 5.01. The van der Waals surface area contributed by atoms with Crippen LogP contribution >= 0.6 is 11.6 Å². The summed E-state index contributed by atoms with van der Waals surface area (Å²) in [7, 11) is -2.35. The third kappa shape index (κ3) is 4.04. The molecule has 3 aromatic rings. The van der Waals surface area contributed by atoms with Crippen molar-refractivity contribution < 1.29 is 17.6 Å². The van der Waals surface area contributed by atoms with E-state index in [1.54, 1.807) is 36.4 Å². The van der Waals surface area contributed by atoms with E-state index in [1.807, 2.05) is 4.90 Å². The molecular formula is C22H23ClN2O4S. The number of aromatic nitrogens is 1. The molecule has 30 heavy (non-hydrogen) atoms. The number of ether oxygens (including phenoxy) is 1. The van der Waals surface area contributed by atoms with E-state index in [9.17, 15) is 8.42 Å². The molecule has 1 aliphatic heterocycles. The van der Waals surface area contributed by atoms with E-state index in [0.717, 1.165) is 25.9 Å². The van der Waals surface area contributed by atoms with Gasteiger partial charge in [0.25, 0.3) is 0 Å². The van der Waals surface area contributed by atoms with Gasteiger partial charge in [-0.1, -0.05) is 24.6 Å². The first-order chi connectivity index (χ1) is 14.4. The van der Waals surface area contributed by atoms with Gasteiger partial charge < -0.3 is 14.1 Å². The highest BCUT2D eigenvalue weighted by Crippen LogP contribution is 2.37. The average Bonchev–Trinajstić information content (AvgIpc) is 3.21. The van der Waals surface area contributed by atoms with Gasteiger partial charge in [-0.15, -0.1) is 0 Å². The van der Waals surface area contributed by atoms with Crippen LogP contribution in [0.15, 0.2) is 62.9 Å². The van der Waals surface area contributed by atoms with Crippen LogP contribution in [0, 0.1) is 5.92 Å². The van der Waals surface area contributed by atoms with Crippen LogP contribution < -0.4 is 9.64 Å². The molecule has 0 N–H and O–H groups in total. The number of methoxy groups -OCH3 is 1.